The fraction of sp³-hybridized carbons (Fsp3) is 0.294. The lowest BCUT2D eigenvalue weighted by atomic mass is 9.99. The number of carbonyl (C=O) groups excluding carboxylic acids is 4. The van der Waals surface area contributed by atoms with Gasteiger partial charge in [-0.1, -0.05) is 59.6 Å². The number of benzene rings is 3. The van der Waals surface area contributed by atoms with Gasteiger partial charge in [-0.3, -0.25) is 24.6 Å². The second kappa shape index (κ2) is 13.8. The summed E-state index contributed by atoms with van der Waals surface area (Å²) in [4.78, 5) is 62.0. The summed E-state index contributed by atoms with van der Waals surface area (Å²) in [5.74, 6) is -1.46. The van der Waals surface area contributed by atoms with Gasteiger partial charge in [-0.05, 0) is 67.1 Å². The first-order valence-corrected chi connectivity index (χ1v) is 16.8. The zero-order valence-corrected chi connectivity index (χ0v) is 27.6. The Hall–Kier alpha value is -4.32. The largest absolute Gasteiger partial charge is 0.384 e. The Bertz CT molecular complexity index is 1860. The van der Waals surface area contributed by atoms with Crippen molar-refractivity contribution in [2.45, 2.75) is 50.2 Å². The second-order valence-electron chi connectivity index (χ2n) is 11.8. The molecule has 0 spiro atoms. The van der Waals surface area contributed by atoms with Crippen LogP contribution in [-0.4, -0.2) is 75.3 Å². The first-order chi connectivity index (χ1) is 22.6. The maximum absolute atomic E-state index is 13.9. The third-order valence-corrected chi connectivity index (χ3v) is 10.4. The van der Waals surface area contributed by atoms with Gasteiger partial charge in [-0.2, -0.15) is 0 Å². The quantitative estimate of drug-likeness (QED) is 0.119. The van der Waals surface area contributed by atoms with Gasteiger partial charge < -0.3 is 20.9 Å². The minimum Gasteiger partial charge on any atom is -0.384 e. The number of piperazine rings is 1. The van der Waals surface area contributed by atoms with Crippen molar-refractivity contribution in [1.29, 1.82) is 5.41 Å². The Labute approximate surface area is 285 Å². The average molecular weight is 692 g/mol. The fourth-order valence-corrected chi connectivity index (χ4v) is 7.54. The van der Waals surface area contributed by atoms with Crippen molar-refractivity contribution in [3.63, 3.8) is 0 Å². The number of hydrogen-bond donors (Lipinski definition) is 3. The van der Waals surface area contributed by atoms with Gasteiger partial charge in [0.1, 0.15) is 17.9 Å². The van der Waals surface area contributed by atoms with Crippen molar-refractivity contribution in [1.82, 2.24) is 20.1 Å². The molecule has 47 heavy (non-hydrogen) atoms. The molecule has 2 fully saturated rings. The Morgan fingerprint density at radius 2 is 1.83 bits per heavy atom. The van der Waals surface area contributed by atoms with E-state index in [9.17, 15) is 19.2 Å². The van der Waals surface area contributed by atoms with Crippen LogP contribution in [-0.2, 0) is 27.2 Å². The summed E-state index contributed by atoms with van der Waals surface area (Å²) in [6.45, 7) is 0.274. The number of amidine groups is 1. The average Bonchev–Trinajstić information content (AvgIpc) is 3.70. The standard InChI is InChI=1S/C34H32Cl2N6O4S/c35-22-11-10-19(16-23(22)36)6-4-14-41-18-29(43)42-26(12-13-27(42)34(41)46)32(45)39-25(17-20-5-3-7-21(15-20)31(37)38)30(44)33-40-24-8-1-2-9-28(24)47-33/h1-3,5,7-11,15-16,25-27H,4,6,12-14,17-18H2,(H3,37,38)(H,39,45)/t25-,26-,27-/m0/s1. The van der Waals surface area contributed by atoms with E-state index in [4.69, 9.17) is 34.3 Å². The minimum absolute atomic E-state index is 0.112. The number of Topliss-reactive ketones (excluding diaryl/α,β-unsaturated/α-hetero) is 1. The Kier molecular flexibility index (Phi) is 9.58. The number of carbonyl (C=O) groups is 4. The minimum atomic E-state index is -1.00. The van der Waals surface area contributed by atoms with Gasteiger partial charge in [0, 0.05) is 18.5 Å². The number of rotatable bonds is 11. The van der Waals surface area contributed by atoms with Gasteiger partial charge in [-0.15, -0.1) is 11.3 Å². The number of nitrogens with one attached hydrogen (secondary N) is 2. The normalized spacial score (nSPS) is 18.3. The number of aromatic nitrogens is 1. The van der Waals surface area contributed by atoms with Crippen LogP contribution < -0.4 is 11.1 Å². The van der Waals surface area contributed by atoms with Gasteiger partial charge in [0.2, 0.25) is 23.5 Å². The highest BCUT2D eigenvalue weighted by Crippen LogP contribution is 2.31. The van der Waals surface area contributed by atoms with Gasteiger partial charge in [0.25, 0.3) is 0 Å². The van der Waals surface area contributed by atoms with E-state index in [0.29, 0.717) is 58.9 Å². The number of ketones is 1. The van der Waals surface area contributed by atoms with Gasteiger partial charge >= 0.3 is 0 Å². The number of amides is 3. The lowest BCUT2D eigenvalue weighted by Gasteiger charge is -2.38. The number of nitrogen functional groups attached to an aromatic ring is 1. The summed E-state index contributed by atoms with van der Waals surface area (Å²) in [6, 6.07) is 17.1. The molecule has 0 aliphatic carbocycles. The predicted molar refractivity (Wildman–Crippen MR) is 182 cm³/mol. The van der Waals surface area contributed by atoms with E-state index in [2.05, 4.69) is 10.3 Å². The van der Waals surface area contributed by atoms with E-state index in [1.54, 1.807) is 41.3 Å². The highest BCUT2D eigenvalue weighted by molar-refractivity contribution is 7.20. The second-order valence-corrected chi connectivity index (χ2v) is 13.6. The molecule has 3 heterocycles. The molecule has 242 valence electrons. The van der Waals surface area contributed by atoms with Crippen LogP contribution in [0.4, 0.5) is 0 Å². The van der Waals surface area contributed by atoms with Gasteiger partial charge in [0.05, 0.1) is 32.8 Å². The lowest BCUT2D eigenvalue weighted by molar-refractivity contribution is -0.157. The smallest absolute Gasteiger partial charge is 0.245 e. The zero-order chi connectivity index (χ0) is 33.2. The van der Waals surface area contributed by atoms with E-state index < -0.39 is 24.0 Å². The summed E-state index contributed by atoms with van der Waals surface area (Å²) in [6.07, 6.45) is 2.06. The molecule has 3 aromatic carbocycles. The Morgan fingerprint density at radius 3 is 2.60 bits per heavy atom. The predicted octanol–water partition coefficient (Wildman–Crippen LogP) is 4.63. The number of fused-ring (bicyclic) bond motifs is 2. The molecule has 2 aliphatic heterocycles. The van der Waals surface area contributed by atoms with E-state index in [1.165, 1.54) is 16.2 Å². The lowest BCUT2D eigenvalue weighted by Crippen LogP contribution is -2.62. The number of para-hydroxylation sites is 1. The van der Waals surface area contributed by atoms with Crippen LogP contribution in [0.15, 0.2) is 66.7 Å². The molecule has 2 saturated heterocycles. The molecule has 13 heteroatoms. The number of nitrogens with two attached hydrogens (primary N) is 1. The Morgan fingerprint density at radius 1 is 1.02 bits per heavy atom. The van der Waals surface area contributed by atoms with Crippen LogP contribution in [0.3, 0.4) is 0 Å². The molecule has 1 aromatic heterocycles. The van der Waals surface area contributed by atoms with Crippen molar-refractivity contribution in [2.75, 3.05) is 13.1 Å². The van der Waals surface area contributed by atoms with E-state index in [-0.39, 0.29) is 41.4 Å². The molecule has 2 aliphatic rings. The summed E-state index contributed by atoms with van der Waals surface area (Å²) >= 11 is 13.4. The molecule has 10 nitrogen and oxygen atoms in total. The van der Waals surface area contributed by atoms with Crippen LogP contribution in [0.1, 0.15) is 45.8 Å². The van der Waals surface area contributed by atoms with Crippen LogP contribution in [0.5, 0.6) is 0 Å². The molecule has 3 amide bonds. The molecular weight excluding hydrogens is 659 g/mol. The van der Waals surface area contributed by atoms with Crippen molar-refractivity contribution in [3.8, 4) is 0 Å². The maximum atomic E-state index is 13.9. The number of thiazole rings is 1. The van der Waals surface area contributed by atoms with E-state index in [1.807, 2.05) is 30.3 Å². The Balaban J connectivity index is 1.16. The summed E-state index contributed by atoms with van der Waals surface area (Å²) in [7, 11) is 0. The molecule has 4 N–H and O–H groups in total. The zero-order valence-electron chi connectivity index (χ0n) is 25.2. The van der Waals surface area contributed by atoms with E-state index >= 15 is 0 Å². The first kappa shape index (κ1) is 32.6. The van der Waals surface area contributed by atoms with Crippen molar-refractivity contribution < 1.29 is 19.2 Å². The fourth-order valence-electron chi connectivity index (χ4n) is 6.26. The molecular formula is C34H32Cl2N6O4S. The summed E-state index contributed by atoms with van der Waals surface area (Å²) in [5.41, 5.74) is 8.55. The molecule has 0 saturated carbocycles. The number of nitrogens with zero attached hydrogens (tertiary/aromatic N) is 3. The van der Waals surface area contributed by atoms with Crippen LogP contribution in [0.2, 0.25) is 10.0 Å². The highest BCUT2D eigenvalue weighted by atomic mass is 35.5. The number of aryl methyl sites for hydroxylation is 1. The van der Waals surface area contributed by atoms with Crippen LogP contribution >= 0.6 is 34.5 Å². The molecule has 6 rings (SSSR count). The first-order valence-electron chi connectivity index (χ1n) is 15.3. The summed E-state index contributed by atoms with van der Waals surface area (Å²) in [5, 5.41) is 11.9. The molecule has 0 radical (unpaired) electrons. The highest BCUT2D eigenvalue weighted by Gasteiger charge is 2.49. The monoisotopic (exact) mass is 690 g/mol. The molecule has 0 bridgehead atoms. The van der Waals surface area contributed by atoms with Crippen molar-refractivity contribution in [3.05, 3.63) is 98.5 Å². The maximum Gasteiger partial charge on any atom is 0.245 e. The third-order valence-electron chi connectivity index (χ3n) is 8.59. The molecule has 4 aromatic rings. The SMILES string of the molecule is N=C(N)c1cccc(C[C@H](NC(=O)[C@@H]2CC[C@H]3C(=O)N(CCCc4ccc(Cl)c(Cl)c4)CC(=O)N23)C(=O)c2nc3ccccc3s2)c1. The summed E-state index contributed by atoms with van der Waals surface area (Å²) < 4.78 is 0.845. The van der Waals surface area contributed by atoms with Crippen LogP contribution in [0.25, 0.3) is 10.2 Å². The van der Waals surface area contributed by atoms with Gasteiger partial charge in [-0.25, -0.2) is 4.98 Å². The number of halogens is 2. The van der Waals surface area contributed by atoms with Crippen LogP contribution in [0, 0.1) is 5.41 Å². The molecule has 0 unspecified atom stereocenters. The third kappa shape index (κ3) is 7.02. The van der Waals surface area contributed by atoms with Gasteiger partial charge in [0.15, 0.2) is 5.01 Å². The van der Waals surface area contributed by atoms with E-state index in [0.717, 1.165) is 10.3 Å². The number of hydrogen-bond acceptors (Lipinski definition) is 7. The molecule has 3 atom stereocenters. The van der Waals surface area contributed by atoms with Crippen molar-refractivity contribution in [2.24, 2.45) is 5.73 Å². The topological polar surface area (TPSA) is 150 Å². The van der Waals surface area contributed by atoms with Crippen molar-refractivity contribution >= 4 is 74.1 Å².